The van der Waals surface area contributed by atoms with Gasteiger partial charge in [0.2, 0.25) is 0 Å². The van der Waals surface area contributed by atoms with Gasteiger partial charge in [-0.15, -0.1) is 0 Å². The molecule has 0 radical (unpaired) electrons. The molecule has 1 saturated heterocycles. The molecule has 1 atom stereocenters. The van der Waals surface area contributed by atoms with Crippen LogP contribution in [0.25, 0.3) is 0 Å². The first kappa shape index (κ1) is 15.4. The Hall–Kier alpha value is 0.354. The minimum absolute atomic E-state index is 0.713. The first-order valence-electron chi connectivity index (χ1n) is 7.17. The fraction of sp³-hybridized carbons (Fsp3) is 1.00. The fourth-order valence-electron chi connectivity index (χ4n) is 2.89. The minimum Gasteiger partial charge on any atom is -0.416 e. The van der Waals surface area contributed by atoms with Crippen molar-refractivity contribution in [2.24, 2.45) is 0 Å². The van der Waals surface area contributed by atoms with Crippen molar-refractivity contribution in [3.8, 4) is 0 Å². The Kier molecular flexibility index (Phi) is 5.44. The third-order valence-electron chi connectivity index (χ3n) is 3.76. The molecule has 1 aliphatic rings. The average Bonchev–Trinajstić information content (AvgIpc) is 2.61. The average molecular weight is 274 g/mol. The molecule has 0 saturated carbocycles. The van der Waals surface area contributed by atoms with Crippen LogP contribution in [0.3, 0.4) is 0 Å². The van der Waals surface area contributed by atoms with Crippen molar-refractivity contribution < 1.29 is 4.43 Å². The predicted octanol–water partition coefficient (Wildman–Crippen LogP) is 3.92. The number of hydrogen-bond donors (Lipinski definition) is 0. The molecule has 0 amide bonds. The molecule has 0 N–H and O–H groups in total. The molecule has 1 rings (SSSR count). The van der Waals surface area contributed by atoms with E-state index < -0.39 is 16.6 Å². The van der Waals surface area contributed by atoms with Crippen LogP contribution in [0.4, 0.5) is 0 Å². The second kappa shape index (κ2) is 6.00. The van der Waals surface area contributed by atoms with Gasteiger partial charge in [0.15, 0.2) is 8.32 Å². The molecule has 0 aromatic heterocycles. The summed E-state index contributed by atoms with van der Waals surface area (Å²) in [5.41, 5.74) is 0. The number of hydrogen-bond acceptors (Lipinski definition) is 2. The van der Waals surface area contributed by atoms with Gasteiger partial charge in [0.05, 0.1) is 0 Å². The van der Waals surface area contributed by atoms with Crippen LogP contribution in [0.1, 0.15) is 26.2 Å². The van der Waals surface area contributed by atoms with E-state index >= 15 is 0 Å². The summed E-state index contributed by atoms with van der Waals surface area (Å²) >= 11 is 0. The van der Waals surface area contributed by atoms with E-state index in [2.05, 4.69) is 44.2 Å². The van der Waals surface area contributed by atoms with Crippen molar-refractivity contribution in [2.75, 3.05) is 13.2 Å². The summed E-state index contributed by atoms with van der Waals surface area (Å²) < 4.78 is 9.07. The lowest BCUT2D eigenvalue weighted by Gasteiger charge is -2.37. The van der Waals surface area contributed by atoms with E-state index in [0.29, 0.717) is 6.04 Å². The van der Waals surface area contributed by atoms with Gasteiger partial charge in [0, 0.05) is 12.6 Å². The van der Waals surface area contributed by atoms with Crippen LogP contribution in [0.2, 0.25) is 38.8 Å². The van der Waals surface area contributed by atoms with E-state index in [0.717, 1.165) is 6.61 Å². The summed E-state index contributed by atoms with van der Waals surface area (Å²) in [7, 11) is -2.50. The van der Waals surface area contributed by atoms with Crippen LogP contribution in [-0.4, -0.2) is 40.3 Å². The van der Waals surface area contributed by atoms with E-state index in [4.69, 9.17) is 4.43 Å². The molecule has 2 nitrogen and oxygen atoms in total. The van der Waals surface area contributed by atoms with Crippen molar-refractivity contribution >= 4 is 16.6 Å². The van der Waals surface area contributed by atoms with Gasteiger partial charge >= 0.3 is 0 Å². The first-order chi connectivity index (χ1) is 7.76. The maximum Gasteiger partial charge on any atom is 0.186 e. The van der Waals surface area contributed by atoms with Crippen LogP contribution in [-0.2, 0) is 4.43 Å². The van der Waals surface area contributed by atoms with Gasteiger partial charge in [0.25, 0.3) is 0 Å². The largest absolute Gasteiger partial charge is 0.416 e. The molecule has 0 bridgehead atoms. The zero-order chi connectivity index (χ0) is 13.1. The van der Waals surface area contributed by atoms with Crippen molar-refractivity contribution in [3.63, 3.8) is 0 Å². The van der Waals surface area contributed by atoms with E-state index in [1.807, 2.05) is 0 Å². The Morgan fingerprint density at radius 2 is 1.82 bits per heavy atom. The van der Waals surface area contributed by atoms with Gasteiger partial charge in [-0.2, -0.15) is 0 Å². The van der Waals surface area contributed by atoms with Crippen molar-refractivity contribution in [1.29, 1.82) is 0 Å². The lowest BCUT2D eigenvalue weighted by molar-refractivity contribution is 0.221. The van der Waals surface area contributed by atoms with Crippen molar-refractivity contribution in [2.45, 2.75) is 71.0 Å². The highest BCUT2D eigenvalue weighted by molar-refractivity contribution is 6.73. The molecule has 0 spiro atoms. The van der Waals surface area contributed by atoms with Crippen molar-refractivity contribution in [1.82, 2.24) is 4.57 Å². The summed E-state index contributed by atoms with van der Waals surface area (Å²) in [6, 6.07) is 2.01. The Balaban J connectivity index is 2.46. The van der Waals surface area contributed by atoms with Crippen LogP contribution >= 0.6 is 0 Å². The molecule has 1 unspecified atom stereocenters. The molecule has 0 aromatic carbocycles. The zero-order valence-electron chi connectivity index (χ0n) is 12.7. The summed E-state index contributed by atoms with van der Waals surface area (Å²) in [5, 5.41) is 0. The zero-order valence-corrected chi connectivity index (χ0v) is 14.7. The lowest BCUT2D eigenvalue weighted by atomic mass is 10.2. The van der Waals surface area contributed by atoms with Gasteiger partial charge < -0.3 is 8.99 Å². The Bertz CT molecular complexity index is 238. The highest BCUT2D eigenvalue weighted by Gasteiger charge is 2.35. The highest BCUT2D eigenvalue weighted by atomic mass is 28.4. The SMILES string of the molecule is CCC[Si](C)(C)OCC1CCCN1[Si](C)(C)C. The Morgan fingerprint density at radius 1 is 1.18 bits per heavy atom. The van der Waals surface area contributed by atoms with Crippen LogP contribution in [0.15, 0.2) is 0 Å². The van der Waals surface area contributed by atoms with E-state index in [-0.39, 0.29) is 0 Å². The second-order valence-corrected chi connectivity index (χ2v) is 16.2. The monoisotopic (exact) mass is 273 g/mol. The standard InChI is InChI=1S/C13H31NOSi2/c1-7-11-17(5,6)15-12-13-9-8-10-14(13)16(2,3)4/h13H,7-12H2,1-6H3. The van der Waals surface area contributed by atoms with Gasteiger partial charge in [-0.25, -0.2) is 0 Å². The van der Waals surface area contributed by atoms with Gasteiger partial charge in [0.1, 0.15) is 8.24 Å². The minimum atomic E-state index is -1.37. The lowest BCUT2D eigenvalue weighted by Crippen LogP contribution is -2.51. The molecule has 0 aromatic rings. The molecule has 17 heavy (non-hydrogen) atoms. The molecular formula is C13H31NOSi2. The predicted molar refractivity (Wildman–Crippen MR) is 81.6 cm³/mol. The van der Waals surface area contributed by atoms with E-state index in [9.17, 15) is 0 Å². The molecule has 0 aliphatic carbocycles. The molecule has 102 valence electrons. The number of rotatable bonds is 6. The quantitative estimate of drug-likeness (QED) is 0.680. The smallest absolute Gasteiger partial charge is 0.186 e. The highest BCUT2D eigenvalue weighted by Crippen LogP contribution is 2.25. The van der Waals surface area contributed by atoms with Crippen LogP contribution in [0.5, 0.6) is 0 Å². The van der Waals surface area contributed by atoms with Gasteiger partial charge in [-0.3, -0.25) is 0 Å². The Labute approximate surface area is 110 Å². The topological polar surface area (TPSA) is 12.5 Å². The molecule has 1 fully saturated rings. The number of nitrogens with zero attached hydrogens (tertiary/aromatic N) is 1. The van der Waals surface area contributed by atoms with Crippen molar-refractivity contribution in [3.05, 3.63) is 0 Å². The first-order valence-corrected chi connectivity index (χ1v) is 13.7. The van der Waals surface area contributed by atoms with Crippen LogP contribution in [0, 0.1) is 0 Å². The summed E-state index contributed by atoms with van der Waals surface area (Å²) in [5.74, 6) is 0. The normalized spacial score (nSPS) is 23.3. The molecule has 4 heteroatoms. The molecular weight excluding hydrogens is 242 g/mol. The maximum absolute atomic E-state index is 6.30. The molecule has 1 heterocycles. The molecule has 1 aliphatic heterocycles. The van der Waals surface area contributed by atoms with E-state index in [1.165, 1.54) is 31.9 Å². The maximum atomic E-state index is 6.30. The second-order valence-electron chi connectivity index (χ2n) is 6.98. The third kappa shape index (κ3) is 4.85. The van der Waals surface area contributed by atoms with Crippen LogP contribution < -0.4 is 0 Å². The fourth-order valence-corrected chi connectivity index (χ4v) is 7.01. The summed E-state index contributed by atoms with van der Waals surface area (Å²) in [6.45, 7) is 16.7. The summed E-state index contributed by atoms with van der Waals surface area (Å²) in [4.78, 5) is 0. The summed E-state index contributed by atoms with van der Waals surface area (Å²) in [6.07, 6.45) is 3.98. The third-order valence-corrected chi connectivity index (χ3v) is 8.72. The Morgan fingerprint density at radius 3 is 2.35 bits per heavy atom. The van der Waals surface area contributed by atoms with Gasteiger partial charge in [-0.1, -0.05) is 33.0 Å². The van der Waals surface area contributed by atoms with Gasteiger partial charge in [-0.05, 0) is 38.5 Å². The van der Waals surface area contributed by atoms with E-state index in [1.54, 1.807) is 0 Å².